The summed E-state index contributed by atoms with van der Waals surface area (Å²) in [6.45, 7) is 0.965. The molecule has 1 saturated carbocycles. The first-order valence-electron chi connectivity index (χ1n) is 9.87. The maximum Gasteiger partial charge on any atom is 0.331 e. The van der Waals surface area contributed by atoms with Gasteiger partial charge in [-0.15, -0.1) is 0 Å². The van der Waals surface area contributed by atoms with Crippen molar-refractivity contribution in [2.75, 3.05) is 14.1 Å². The summed E-state index contributed by atoms with van der Waals surface area (Å²) < 4.78 is 5.63. The number of ether oxygens (including phenoxy) is 1. The van der Waals surface area contributed by atoms with Crippen LogP contribution >= 0.6 is 11.6 Å². The number of benzene rings is 2. The van der Waals surface area contributed by atoms with Crippen LogP contribution < -0.4 is 0 Å². The molecule has 0 unspecified atom stereocenters. The fourth-order valence-corrected chi connectivity index (χ4v) is 3.84. The second kappa shape index (κ2) is 9.90. The molecule has 28 heavy (non-hydrogen) atoms. The molecule has 0 N–H and O–H groups in total. The van der Waals surface area contributed by atoms with Crippen molar-refractivity contribution >= 4 is 23.6 Å². The van der Waals surface area contributed by atoms with E-state index < -0.39 is 0 Å². The summed E-state index contributed by atoms with van der Waals surface area (Å²) in [7, 11) is 4.17. The topological polar surface area (TPSA) is 29.5 Å². The van der Waals surface area contributed by atoms with Crippen molar-refractivity contribution in [2.24, 2.45) is 0 Å². The molecule has 0 heterocycles. The van der Waals surface area contributed by atoms with Gasteiger partial charge in [-0.25, -0.2) is 4.79 Å². The van der Waals surface area contributed by atoms with Gasteiger partial charge in [-0.3, -0.25) is 0 Å². The molecule has 148 valence electrons. The Morgan fingerprint density at radius 2 is 1.68 bits per heavy atom. The lowest BCUT2D eigenvalue weighted by Crippen LogP contribution is -2.23. The molecule has 0 aliphatic heterocycles. The van der Waals surface area contributed by atoms with Crippen LogP contribution in [-0.2, 0) is 16.1 Å². The van der Waals surface area contributed by atoms with Crippen molar-refractivity contribution < 1.29 is 9.53 Å². The molecule has 1 aliphatic rings. The predicted molar refractivity (Wildman–Crippen MR) is 115 cm³/mol. The maximum atomic E-state index is 12.1. The van der Waals surface area contributed by atoms with Crippen LogP contribution in [0.3, 0.4) is 0 Å². The zero-order chi connectivity index (χ0) is 19.9. The molecule has 0 bridgehead atoms. The molecule has 3 nitrogen and oxygen atoms in total. The van der Waals surface area contributed by atoms with Crippen molar-refractivity contribution in [2.45, 2.75) is 44.2 Å². The third-order valence-electron chi connectivity index (χ3n) is 5.19. The van der Waals surface area contributed by atoms with Crippen LogP contribution in [0.25, 0.3) is 6.08 Å². The third-order valence-corrected chi connectivity index (χ3v) is 5.44. The van der Waals surface area contributed by atoms with Crippen LogP contribution in [-0.4, -0.2) is 31.1 Å². The molecule has 2 aromatic rings. The van der Waals surface area contributed by atoms with Crippen LogP contribution in [0.1, 0.15) is 48.3 Å². The first-order valence-corrected chi connectivity index (χ1v) is 10.3. The summed E-state index contributed by atoms with van der Waals surface area (Å²) in [6, 6.07) is 16.3. The van der Waals surface area contributed by atoms with Gasteiger partial charge < -0.3 is 9.64 Å². The van der Waals surface area contributed by atoms with Crippen molar-refractivity contribution in [3.63, 3.8) is 0 Å². The summed E-state index contributed by atoms with van der Waals surface area (Å²) in [5.74, 6) is 0.291. The highest BCUT2D eigenvalue weighted by molar-refractivity contribution is 6.30. The SMILES string of the molecule is CN(C)Cc1ccc([C@H]2CC[C@H](OC(=O)C=Cc3ccc(Cl)cc3)CC2)cc1. The number of hydrogen-bond donors (Lipinski definition) is 0. The summed E-state index contributed by atoms with van der Waals surface area (Å²) in [5, 5.41) is 0.684. The molecular weight excluding hydrogens is 370 g/mol. The number of esters is 1. The van der Waals surface area contributed by atoms with Gasteiger partial charge in [-0.2, -0.15) is 0 Å². The number of carbonyl (C=O) groups excluding carboxylic acids is 1. The van der Waals surface area contributed by atoms with E-state index in [1.165, 1.54) is 17.2 Å². The molecule has 1 fully saturated rings. The van der Waals surface area contributed by atoms with Gasteiger partial charge in [0.2, 0.25) is 0 Å². The van der Waals surface area contributed by atoms with Gasteiger partial charge in [0.1, 0.15) is 6.10 Å². The minimum atomic E-state index is -0.272. The number of nitrogens with zero attached hydrogens (tertiary/aromatic N) is 1. The van der Waals surface area contributed by atoms with E-state index in [9.17, 15) is 4.79 Å². The monoisotopic (exact) mass is 397 g/mol. The normalized spacial score (nSPS) is 19.9. The quantitative estimate of drug-likeness (QED) is 0.463. The van der Waals surface area contributed by atoms with E-state index in [4.69, 9.17) is 16.3 Å². The first-order chi connectivity index (χ1) is 13.5. The van der Waals surface area contributed by atoms with Crippen molar-refractivity contribution in [1.82, 2.24) is 4.90 Å². The fraction of sp³-hybridized carbons (Fsp3) is 0.375. The Labute approximate surface area is 173 Å². The second-order valence-electron chi connectivity index (χ2n) is 7.77. The summed E-state index contributed by atoms with van der Waals surface area (Å²) >= 11 is 5.87. The Hall–Kier alpha value is -2.10. The van der Waals surface area contributed by atoms with E-state index in [0.29, 0.717) is 10.9 Å². The largest absolute Gasteiger partial charge is 0.459 e. The van der Waals surface area contributed by atoms with E-state index in [0.717, 1.165) is 37.8 Å². The van der Waals surface area contributed by atoms with Gasteiger partial charge in [0.15, 0.2) is 0 Å². The highest BCUT2D eigenvalue weighted by Crippen LogP contribution is 2.34. The van der Waals surface area contributed by atoms with Crippen LogP contribution in [0.2, 0.25) is 5.02 Å². The lowest BCUT2D eigenvalue weighted by atomic mass is 9.82. The van der Waals surface area contributed by atoms with E-state index in [2.05, 4.69) is 43.3 Å². The third kappa shape index (κ3) is 6.22. The van der Waals surface area contributed by atoms with E-state index in [-0.39, 0.29) is 12.1 Å². The Bertz CT molecular complexity index is 788. The van der Waals surface area contributed by atoms with Gasteiger partial charge in [-0.05, 0) is 80.6 Å². The average molecular weight is 398 g/mol. The summed E-state index contributed by atoms with van der Waals surface area (Å²) in [5.41, 5.74) is 3.67. The van der Waals surface area contributed by atoms with E-state index in [1.54, 1.807) is 18.2 Å². The Morgan fingerprint density at radius 1 is 1.04 bits per heavy atom. The second-order valence-corrected chi connectivity index (χ2v) is 8.21. The number of hydrogen-bond acceptors (Lipinski definition) is 3. The molecular formula is C24H28ClNO2. The van der Waals surface area contributed by atoms with Crippen LogP contribution in [0.5, 0.6) is 0 Å². The lowest BCUT2D eigenvalue weighted by molar-refractivity contribution is -0.144. The number of carbonyl (C=O) groups is 1. The molecule has 1 aliphatic carbocycles. The van der Waals surface area contributed by atoms with Crippen LogP contribution in [0, 0.1) is 0 Å². The maximum absolute atomic E-state index is 12.1. The molecule has 0 aromatic heterocycles. The summed E-state index contributed by atoms with van der Waals surface area (Å²) in [4.78, 5) is 14.3. The van der Waals surface area contributed by atoms with Crippen LogP contribution in [0.15, 0.2) is 54.6 Å². The predicted octanol–water partition coefficient (Wildman–Crippen LogP) is 5.68. The average Bonchev–Trinajstić information content (AvgIpc) is 2.68. The lowest BCUT2D eigenvalue weighted by Gasteiger charge is -2.28. The van der Waals surface area contributed by atoms with Crippen molar-refractivity contribution in [1.29, 1.82) is 0 Å². The standard InChI is InChI=1S/C24H28ClNO2/c1-26(2)17-19-3-8-20(9-4-19)21-10-14-23(15-11-21)28-24(27)16-7-18-5-12-22(25)13-6-18/h3-9,12-13,16,21,23H,10-11,14-15,17H2,1-2H3/t21-,23-. The Balaban J connectivity index is 1.45. The summed E-state index contributed by atoms with van der Waals surface area (Å²) in [6.07, 6.45) is 7.25. The van der Waals surface area contributed by atoms with Crippen molar-refractivity contribution in [3.05, 3.63) is 76.3 Å². The van der Waals surface area contributed by atoms with Gasteiger partial charge in [0, 0.05) is 17.6 Å². The van der Waals surface area contributed by atoms with Crippen molar-refractivity contribution in [3.8, 4) is 0 Å². The molecule has 4 heteroatoms. The molecule has 0 amide bonds. The Morgan fingerprint density at radius 3 is 2.29 bits per heavy atom. The van der Waals surface area contributed by atoms with Crippen LogP contribution in [0.4, 0.5) is 0 Å². The molecule has 3 rings (SSSR count). The number of rotatable bonds is 6. The smallest absolute Gasteiger partial charge is 0.331 e. The highest BCUT2D eigenvalue weighted by atomic mass is 35.5. The van der Waals surface area contributed by atoms with Gasteiger partial charge in [-0.1, -0.05) is 48.0 Å². The van der Waals surface area contributed by atoms with Gasteiger partial charge >= 0.3 is 5.97 Å². The fourth-order valence-electron chi connectivity index (χ4n) is 3.72. The molecule has 0 spiro atoms. The molecule has 0 saturated heterocycles. The first kappa shape index (κ1) is 20.6. The van der Waals surface area contributed by atoms with Gasteiger partial charge in [0.25, 0.3) is 0 Å². The zero-order valence-electron chi connectivity index (χ0n) is 16.6. The molecule has 0 radical (unpaired) electrons. The van der Waals surface area contributed by atoms with E-state index >= 15 is 0 Å². The van der Waals surface area contributed by atoms with E-state index in [1.807, 2.05) is 12.1 Å². The molecule has 2 aromatic carbocycles. The Kier molecular flexibility index (Phi) is 7.30. The highest BCUT2D eigenvalue weighted by Gasteiger charge is 2.24. The number of halogens is 1. The minimum absolute atomic E-state index is 0.0200. The molecule has 0 atom stereocenters. The van der Waals surface area contributed by atoms with Gasteiger partial charge in [0.05, 0.1) is 0 Å². The minimum Gasteiger partial charge on any atom is -0.459 e. The zero-order valence-corrected chi connectivity index (χ0v) is 17.4.